The van der Waals surface area contributed by atoms with Crippen molar-refractivity contribution in [2.24, 2.45) is 5.92 Å². The molecule has 6 heteroatoms. The number of likely N-dealkylation sites (tertiary alicyclic amines) is 1. The van der Waals surface area contributed by atoms with E-state index in [1.54, 1.807) is 9.80 Å². The number of nitrogens with one attached hydrogen (secondary N) is 1. The molecule has 2 saturated heterocycles. The van der Waals surface area contributed by atoms with Crippen molar-refractivity contribution in [1.29, 1.82) is 0 Å². The second-order valence-corrected chi connectivity index (χ2v) is 6.14. The Morgan fingerprint density at radius 2 is 1.96 bits per heavy atom. The quantitative estimate of drug-likeness (QED) is 0.677. The molecule has 0 atom stereocenters. The third kappa shape index (κ3) is 3.32. The Balaban J connectivity index is 1.57. The SMILES string of the molecule is C=CC(=O)N1CCC(C(=O)Nc2cccc(N3CCC3=O)c2)CC1. The summed E-state index contributed by atoms with van der Waals surface area (Å²) in [6.45, 7) is 5.36. The number of benzene rings is 1. The van der Waals surface area contributed by atoms with Crippen LogP contribution in [0.3, 0.4) is 0 Å². The molecule has 0 aliphatic carbocycles. The molecule has 0 saturated carbocycles. The third-order valence-corrected chi connectivity index (χ3v) is 4.63. The van der Waals surface area contributed by atoms with E-state index in [0.717, 1.165) is 12.2 Å². The fourth-order valence-corrected chi connectivity index (χ4v) is 3.08. The third-order valence-electron chi connectivity index (χ3n) is 4.63. The summed E-state index contributed by atoms with van der Waals surface area (Å²) in [6, 6.07) is 7.35. The molecule has 1 aromatic rings. The number of amides is 3. The summed E-state index contributed by atoms with van der Waals surface area (Å²) in [6.07, 6.45) is 3.19. The van der Waals surface area contributed by atoms with E-state index in [1.165, 1.54) is 6.08 Å². The van der Waals surface area contributed by atoms with Gasteiger partial charge in [0.2, 0.25) is 17.7 Å². The van der Waals surface area contributed by atoms with Gasteiger partial charge in [0.25, 0.3) is 0 Å². The van der Waals surface area contributed by atoms with Gasteiger partial charge in [-0.15, -0.1) is 0 Å². The second-order valence-electron chi connectivity index (χ2n) is 6.14. The van der Waals surface area contributed by atoms with Crippen LogP contribution in [0.2, 0.25) is 0 Å². The Morgan fingerprint density at radius 1 is 1.21 bits per heavy atom. The lowest BCUT2D eigenvalue weighted by Crippen LogP contribution is -2.43. The zero-order valence-corrected chi connectivity index (χ0v) is 13.5. The minimum Gasteiger partial charge on any atom is -0.339 e. The fraction of sp³-hybridized carbons (Fsp3) is 0.389. The first kappa shape index (κ1) is 16.2. The topological polar surface area (TPSA) is 69.7 Å². The molecule has 2 heterocycles. The molecular formula is C18H21N3O3. The van der Waals surface area contributed by atoms with Crippen LogP contribution < -0.4 is 10.2 Å². The number of rotatable bonds is 4. The van der Waals surface area contributed by atoms with Gasteiger partial charge in [0.05, 0.1) is 0 Å². The van der Waals surface area contributed by atoms with Crippen molar-refractivity contribution >= 4 is 29.1 Å². The second kappa shape index (κ2) is 6.86. The summed E-state index contributed by atoms with van der Waals surface area (Å²) in [5, 5.41) is 2.93. The van der Waals surface area contributed by atoms with Crippen molar-refractivity contribution in [2.45, 2.75) is 19.3 Å². The molecule has 3 amide bonds. The number of β-lactam (4-membered cyclic amide) rings is 1. The molecule has 6 nitrogen and oxygen atoms in total. The lowest BCUT2D eigenvalue weighted by atomic mass is 9.95. The highest BCUT2D eigenvalue weighted by molar-refractivity contribution is 6.00. The number of anilines is 2. The zero-order valence-electron chi connectivity index (χ0n) is 13.5. The van der Waals surface area contributed by atoms with Crippen molar-refractivity contribution in [3.05, 3.63) is 36.9 Å². The standard InChI is InChI=1S/C18H21N3O3/c1-2-16(22)20-9-6-13(7-10-20)18(24)19-14-4-3-5-15(12-14)21-11-8-17(21)23/h2-5,12-13H,1,6-11H2,(H,19,24). The van der Waals surface area contributed by atoms with Crippen LogP contribution in [0.4, 0.5) is 11.4 Å². The molecule has 1 aromatic carbocycles. The number of nitrogens with zero attached hydrogens (tertiary/aromatic N) is 2. The van der Waals surface area contributed by atoms with Crippen molar-refractivity contribution in [3.63, 3.8) is 0 Å². The zero-order chi connectivity index (χ0) is 17.1. The van der Waals surface area contributed by atoms with E-state index in [2.05, 4.69) is 11.9 Å². The van der Waals surface area contributed by atoms with E-state index in [-0.39, 0.29) is 23.6 Å². The molecule has 2 fully saturated rings. The number of piperidine rings is 1. The summed E-state index contributed by atoms with van der Waals surface area (Å²) in [5.41, 5.74) is 1.51. The number of hydrogen-bond acceptors (Lipinski definition) is 3. The van der Waals surface area contributed by atoms with Gasteiger partial charge in [0, 0.05) is 43.3 Å². The van der Waals surface area contributed by atoms with Gasteiger partial charge < -0.3 is 15.1 Å². The fourth-order valence-electron chi connectivity index (χ4n) is 3.08. The van der Waals surface area contributed by atoms with Crippen LogP contribution in [0.1, 0.15) is 19.3 Å². The lowest BCUT2D eigenvalue weighted by Gasteiger charge is -2.31. The van der Waals surface area contributed by atoms with Gasteiger partial charge in [-0.3, -0.25) is 14.4 Å². The number of carbonyl (C=O) groups excluding carboxylic acids is 3. The average Bonchev–Trinajstić information content (AvgIpc) is 2.60. The number of carbonyl (C=O) groups is 3. The molecule has 0 unspecified atom stereocenters. The van der Waals surface area contributed by atoms with E-state index >= 15 is 0 Å². The number of hydrogen-bond donors (Lipinski definition) is 1. The molecular weight excluding hydrogens is 306 g/mol. The predicted octanol–water partition coefficient (Wildman–Crippen LogP) is 1.79. The van der Waals surface area contributed by atoms with E-state index < -0.39 is 0 Å². The van der Waals surface area contributed by atoms with Gasteiger partial charge in [-0.2, -0.15) is 0 Å². The highest BCUT2D eigenvalue weighted by atomic mass is 16.2. The summed E-state index contributed by atoms with van der Waals surface area (Å²) in [7, 11) is 0. The van der Waals surface area contributed by atoms with Crippen LogP contribution in [0, 0.1) is 5.92 Å². The van der Waals surface area contributed by atoms with Crippen LogP contribution in [0.25, 0.3) is 0 Å². The van der Waals surface area contributed by atoms with E-state index in [9.17, 15) is 14.4 Å². The molecule has 0 spiro atoms. The summed E-state index contributed by atoms with van der Waals surface area (Å²) >= 11 is 0. The first-order chi connectivity index (χ1) is 11.6. The Bertz CT molecular complexity index is 678. The van der Waals surface area contributed by atoms with Crippen molar-refractivity contribution in [1.82, 2.24) is 4.90 Å². The largest absolute Gasteiger partial charge is 0.339 e. The van der Waals surface area contributed by atoms with Crippen molar-refractivity contribution < 1.29 is 14.4 Å². The first-order valence-corrected chi connectivity index (χ1v) is 8.21. The maximum Gasteiger partial charge on any atom is 0.245 e. The van der Waals surface area contributed by atoms with Gasteiger partial charge in [-0.05, 0) is 37.1 Å². The Labute approximate surface area is 141 Å². The van der Waals surface area contributed by atoms with Crippen LogP contribution >= 0.6 is 0 Å². The molecule has 1 N–H and O–H groups in total. The summed E-state index contributed by atoms with van der Waals surface area (Å²) in [4.78, 5) is 38.9. The van der Waals surface area contributed by atoms with Gasteiger partial charge in [0.15, 0.2) is 0 Å². The van der Waals surface area contributed by atoms with E-state index in [0.29, 0.717) is 38.0 Å². The molecule has 0 aromatic heterocycles. The highest BCUT2D eigenvalue weighted by Crippen LogP contribution is 2.26. The molecule has 2 aliphatic heterocycles. The minimum atomic E-state index is -0.104. The first-order valence-electron chi connectivity index (χ1n) is 8.21. The van der Waals surface area contributed by atoms with Crippen LogP contribution in [-0.2, 0) is 14.4 Å². The van der Waals surface area contributed by atoms with Crippen LogP contribution in [0.5, 0.6) is 0 Å². The molecule has 2 aliphatic rings. The van der Waals surface area contributed by atoms with Crippen LogP contribution in [-0.4, -0.2) is 42.3 Å². The maximum absolute atomic E-state index is 12.4. The average molecular weight is 327 g/mol. The Kier molecular flexibility index (Phi) is 4.64. The van der Waals surface area contributed by atoms with Gasteiger partial charge >= 0.3 is 0 Å². The summed E-state index contributed by atoms with van der Waals surface area (Å²) < 4.78 is 0. The van der Waals surface area contributed by atoms with E-state index in [1.807, 2.05) is 24.3 Å². The highest BCUT2D eigenvalue weighted by Gasteiger charge is 2.27. The van der Waals surface area contributed by atoms with Crippen LogP contribution in [0.15, 0.2) is 36.9 Å². The molecule has 126 valence electrons. The van der Waals surface area contributed by atoms with Gasteiger partial charge in [-0.25, -0.2) is 0 Å². The van der Waals surface area contributed by atoms with Crippen molar-refractivity contribution in [3.8, 4) is 0 Å². The Morgan fingerprint density at radius 3 is 2.54 bits per heavy atom. The van der Waals surface area contributed by atoms with Gasteiger partial charge in [0.1, 0.15) is 0 Å². The Hall–Kier alpha value is -2.63. The normalized spacial score (nSPS) is 18.1. The molecule has 24 heavy (non-hydrogen) atoms. The maximum atomic E-state index is 12.4. The summed E-state index contributed by atoms with van der Waals surface area (Å²) in [5.74, 6) is -0.112. The minimum absolute atomic E-state index is 0.0345. The van der Waals surface area contributed by atoms with Gasteiger partial charge in [-0.1, -0.05) is 12.6 Å². The van der Waals surface area contributed by atoms with E-state index in [4.69, 9.17) is 0 Å². The van der Waals surface area contributed by atoms with Crippen molar-refractivity contribution in [2.75, 3.05) is 29.9 Å². The lowest BCUT2D eigenvalue weighted by molar-refractivity contribution is -0.130. The predicted molar refractivity (Wildman–Crippen MR) is 91.5 cm³/mol. The smallest absolute Gasteiger partial charge is 0.245 e. The molecule has 0 radical (unpaired) electrons. The molecule has 3 rings (SSSR count). The molecule has 0 bridgehead atoms. The monoisotopic (exact) mass is 327 g/mol.